The molecule has 2 aliphatic rings. The molecule has 4 heterocycles. The van der Waals surface area contributed by atoms with E-state index in [1.54, 1.807) is 6.92 Å². The smallest absolute Gasteiger partial charge is 0.183 e. The van der Waals surface area contributed by atoms with Crippen LogP contribution in [0.1, 0.15) is 43.4 Å². The van der Waals surface area contributed by atoms with Crippen LogP contribution in [-0.2, 0) is 0 Å². The van der Waals surface area contributed by atoms with E-state index >= 15 is 0 Å². The first-order valence-corrected chi connectivity index (χ1v) is 9.56. The molecule has 0 bridgehead atoms. The summed E-state index contributed by atoms with van der Waals surface area (Å²) in [7, 11) is 0. The molecular weight excluding hydrogens is 350 g/mol. The van der Waals surface area contributed by atoms with Crippen LogP contribution in [0.3, 0.4) is 0 Å². The molecule has 0 spiro atoms. The molecule has 144 valence electrons. The molecule has 4 rings (SSSR count). The minimum absolute atomic E-state index is 0.219. The van der Waals surface area contributed by atoms with E-state index < -0.39 is 11.6 Å². The summed E-state index contributed by atoms with van der Waals surface area (Å²) in [6, 6.07) is -0.219. The Morgan fingerprint density at radius 2 is 1.74 bits per heavy atom. The van der Waals surface area contributed by atoms with Gasteiger partial charge in [-0.25, -0.2) is 28.7 Å². The summed E-state index contributed by atoms with van der Waals surface area (Å²) < 4.78 is 27.8. The molecule has 2 atom stereocenters. The molecule has 0 saturated carbocycles. The number of rotatable bonds is 3. The van der Waals surface area contributed by atoms with Crippen molar-refractivity contribution in [3.8, 4) is 0 Å². The van der Waals surface area contributed by atoms with Gasteiger partial charge in [0.25, 0.3) is 0 Å². The molecule has 1 unspecified atom stereocenters. The Morgan fingerprint density at radius 1 is 1.00 bits per heavy atom. The molecule has 1 N–H and O–H groups in total. The highest BCUT2D eigenvalue weighted by Gasteiger charge is 2.37. The van der Waals surface area contributed by atoms with Gasteiger partial charge < -0.3 is 10.2 Å². The van der Waals surface area contributed by atoms with Gasteiger partial charge in [0.2, 0.25) is 0 Å². The molecule has 2 aromatic heterocycles. The van der Waals surface area contributed by atoms with E-state index in [2.05, 4.69) is 25.3 Å². The van der Waals surface area contributed by atoms with E-state index in [-0.39, 0.29) is 11.9 Å². The van der Waals surface area contributed by atoms with Crippen molar-refractivity contribution in [2.45, 2.75) is 38.6 Å². The zero-order valence-corrected chi connectivity index (χ0v) is 15.4. The number of hydrogen-bond donors (Lipinski definition) is 1. The van der Waals surface area contributed by atoms with Crippen LogP contribution >= 0.6 is 0 Å². The molecule has 2 aromatic rings. The Hall–Kier alpha value is -2.22. The van der Waals surface area contributed by atoms with E-state index in [1.807, 2.05) is 4.90 Å². The minimum Gasteiger partial charge on any atom is -0.344 e. The summed E-state index contributed by atoms with van der Waals surface area (Å²) in [6.07, 6.45) is 7.67. The number of aromatic nitrogens is 4. The van der Waals surface area contributed by atoms with Crippen molar-refractivity contribution in [3.63, 3.8) is 0 Å². The van der Waals surface area contributed by atoms with Crippen molar-refractivity contribution in [2.75, 3.05) is 24.5 Å². The predicted molar refractivity (Wildman–Crippen MR) is 97.1 cm³/mol. The molecule has 2 aliphatic heterocycles. The van der Waals surface area contributed by atoms with Gasteiger partial charge in [0.05, 0.1) is 24.6 Å². The lowest BCUT2D eigenvalue weighted by Gasteiger charge is -2.43. The first kappa shape index (κ1) is 18.2. The van der Waals surface area contributed by atoms with Crippen molar-refractivity contribution in [3.05, 3.63) is 41.9 Å². The summed E-state index contributed by atoms with van der Waals surface area (Å²) in [6.45, 7) is 4.51. The van der Waals surface area contributed by atoms with Gasteiger partial charge in [0.15, 0.2) is 23.3 Å². The monoisotopic (exact) mass is 374 g/mol. The first-order chi connectivity index (χ1) is 13.1. The summed E-state index contributed by atoms with van der Waals surface area (Å²) in [5.74, 6) is 1.56. The number of anilines is 1. The zero-order valence-electron chi connectivity index (χ0n) is 15.4. The topological polar surface area (TPSA) is 66.8 Å². The van der Waals surface area contributed by atoms with Crippen LogP contribution in [0.2, 0.25) is 0 Å². The third-order valence-electron chi connectivity index (χ3n) is 5.75. The van der Waals surface area contributed by atoms with E-state index in [1.165, 1.54) is 18.6 Å². The van der Waals surface area contributed by atoms with Gasteiger partial charge in [-0.2, -0.15) is 0 Å². The number of nitrogens with zero attached hydrogens (tertiary/aromatic N) is 5. The highest BCUT2D eigenvalue weighted by atomic mass is 19.1. The molecular formula is C19H24F2N6. The van der Waals surface area contributed by atoms with E-state index in [4.69, 9.17) is 0 Å². The Bertz CT molecular complexity index is 778. The Morgan fingerprint density at radius 3 is 2.48 bits per heavy atom. The Labute approximate surface area is 157 Å². The van der Waals surface area contributed by atoms with Gasteiger partial charge >= 0.3 is 0 Å². The molecule has 0 aliphatic carbocycles. The number of halogens is 2. The predicted octanol–water partition coefficient (Wildman–Crippen LogP) is 2.81. The number of nitrogens with one attached hydrogen (secondary N) is 1. The average molecular weight is 374 g/mol. The maximum atomic E-state index is 14.5. The summed E-state index contributed by atoms with van der Waals surface area (Å²) >= 11 is 0. The maximum Gasteiger partial charge on any atom is 0.183 e. The molecule has 2 fully saturated rings. The minimum atomic E-state index is -0.472. The van der Waals surface area contributed by atoms with Crippen LogP contribution in [0.4, 0.5) is 14.6 Å². The van der Waals surface area contributed by atoms with Gasteiger partial charge in [-0.1, -0.05) is 0 Å². The molecule has 6 nitrogen and oxygen atoms in total. The second kappa shape index (κ2) is 7.80. The standard InChI is InChI=1S/C19H24F2N6/c1-12-23-11-16(21)19(26-12)27-7-4-14(13-2-5-22-6-3-13)8-17(27)18-24-9-15(20)10-25-18/h9-11,13-14,17,22H,2-8H2,1H3/t14?,17-/m1/s1. The van der Waals surface area contributed by atoms with Crippen LogP contribution < -0.4 is 10.2 Å². The quantitative estimate of drug-likeness (QED) is 0.891. The number of piperidine rings is 2. The lowest BCUT2D eigenvalue weighted by atomic mass is 9.76. The van der Waals surface area contributed by atoms with Crippen molar-refractivity contribution in [1.82, 2.24) is 25.3 Å². The van der Waals surface area contributed by atoms with Crippen molar-refractivity contribution in [1.29, 1.82) is 0 Å². The Kier molecular flexibility index (Phi) is 5.24. The van der Waals surface area contributed by atoms with Crippen LogP contribution in [-0.4, -0.2) is 39.6 Å². The lowest BCUT2D eigenvalue weighted by Crippen LogP contribution is -2.42. The third kappa shape index (κ3) is 3.90. The van der Waals surface area contributed by atoms with Crippen LogP contribution in [0.25, 0.3) is 0 Å². The van der Waals surface area contributed by atoms with Crippen molar-refractivity contribution >= 4 is 5.82 Å². The molecule has 0 aromatic carbocycles. The number of aryl methyl sites for hydroxylation is 1. The third-order valence-corrected chi connectivity index (χ3v) is 5.75. The van der Waals surface area contributed by atoms with Crippen molar-refractivity contribution in [2.24, 2.45) is 11.8 Å². The van der Waals surface area contributed by atoms with Crippen LogP contribution in [0.5, 0.6) is 0 Å². The van der Waals surface area contributed by atoms with Gasteiger partial charge in [-0.05, 0) is 57.5 Å². The summed E-state index contributed by atoms with van der Waals surface area (Å²) in [5, 5.41) is 3.41. The van der Waals surface area contributed by atoms with E-state index in [0.717, 1.165) is 38.8 Å². The van der Waals surface area contributed by atoms with Gasteiger partial charge in [0.1, 0.15) is 5.82 Å². The summed E-state index contributed by atoms with van der Waals surface area (Å²) in [4.78, 5) is 18.6. The van der Waals surface area contributed by atoms with Gasteiger partial charge in [-0.3, -0.25) is 0 Å². The SMILES string of the molecule is Cc1ncc(F)c(N2CCC(C3CCNCC3)C[C@@H]2c2ncc(F)cn2)n1. The van der Waals surface area contributed by atoms with Crippen LogP contribution in [0.15, 0.2) is 18.6 Å². The van der Waals surface area contributed by atoms with Crippen LogP contribution in [0, 0.1) is 30.4 Å². The normalized spacial score (nSPS) is 24.2. The van der Waals surface area contributed by atoms with E-state index in [0.29, 0.717) is 30.0 Å². The zero-order chi connectivity index (χ0) is 18.8. The molecule has 2 saturated heterocycles. The fourth-order valence-electron chi connectivity index (χ4n) is 4.37. The summed E-state index contributed by atoms with van der Waals surface area (Å²) in [5.41, 5.74) is 0. The highest BCUT2D eigenvalue weighted by molar-refractivity contribution is 5.42. The lowest BCUT2D eigenvalue weighted by molar-refractivity contribution is 0.197. The van der Waals surface area contributed by atoms with Gasteiger partial charge in [0, 0.05) is 6.54 Å². The highest BCUT2D eigenvalue weighted by Crippen LogP contribution is 2.41. The van der Waals surface area contributed by atoms with Gasteiger partial charge in [-0.15, -0.1) is 0 Å². The molecule has 27 heavy (non-hydrogen) atoms. The molecule has 0 radical (unpaired) electrons. The largest absolute Gasteiger partial charge is 0.344 e. The van der Waals surface area contributed by atoms with E-state index in [9.17, 15) is 8.78 Å². The average Bonchev–Trinajstić information content (AvgIpc) is 2.71. The fourth-order valence-corrected chi connectivity index (χ4v) is 4.37. The maximum absolute atomic E-state index is 14.5. The van der Waals surface area contributed by atoms with Crippen molar-refractivity contribution < 1.29 is 8.78 Å². The first-order valence-electron chi connectivity index (χ1n) is 9.56. The second-order valence-corrected chi connectivity index (χ2v) is 7.43. The molecule has 0 amide bonds. The second-order valence-electron chi connectivity index (χ2n) is 7.43. The number of hydrogen-bond acceptors (Lipinski definition) is 6. The molecule has 8 heteroatoms. The Balaban J connectivity index is 1.65. The fraction of sp³-hybridized carbons (Fsp3) is 0.579.